The molecule has 5 heteroatoms. The van der Waals surface area contributed by atoms with E-state index in [0.29, 0.717) is 5.56 Å². The Morgan fingerprint density at radius 1 is 1.27 bits per heavy atom. The van der Waals surface area contributed by atoms with Crippen molar-refractivity contribution < 1.29 is 13.5 Å². The Hall–Kier alpha value is -0.740. The third-order valence-electron chi connectivity index (χ3n) is 1.65. The van der Waals surface area contributed by atoms with Crippen LogP contribution in [0.3, 0.4) is 0 Å². The Morgan fingerprint density at radius 2 is 1.73 bits per heavy atom. The molecular formula is C10H15ClO3S. The number of aromatic hydroxyl groups is 1. The molecule has 0 heterocycles. The lowest BCUT2D eigenvalue weighted by Crippen LogP contribution is -1.98. The summed E-state index contributed by atoms with van der Waals surface area (Å²) in [6, 6.07) is 2.58. The van der Waals surface area contributed by atoms with Crippen molar-refractivity contribution in [3.05, 3.63) is 22.7 Å². The normalized spacial score (nSPS) is 10.5. The number of rotatable bonds is 1. The van der Waals surface area contributed by atoms with Crippen LogP contribution in [0, 0.1) is 6.92 Å². The Morgan fingerprint density at radius 3 is 2.13 bits per heavy atom. The van der Waals surface area contributed by atoms with Crippen molar-refractivity contribution in [3.63, 3.8) is 0 Å². The van der Waals surface area contributed by atoms with Crippen molar-refractivity contribution in [2.24, 2.45) is 0 Å². The van der Waals surface area contributed by atoms with E-state index in [1.165, 1.54) is 6.07 Å². The maximum Gasteiger partial charge on any atom is 0.177 e. The van der Waals surface area contributed by atoms with Crippen LogP contribution in [0.5, 0.6) is 5.75 Å². The van der Waals surface area contributed by atoms with Crippen LogP contribution < -0.4 is 0 Å². The summed E-state index contributed by atoms with van der Waals surface area (Å²) >= 11 is 5.70. The standard InChI is InChI=1S/C8H9ClO3S.C2H6/c1-5-3-6(9)8(4-7(5)10)13(2,11)12;1-2/h3-4,10H,1-2H3;1-2H3. The molecule has 1 aromatic carbocycles. The summed E-state index contributed by atoms with van der Waals surface area (Å²) in [5.74, 6) is -0.0650. The molecule has 0 spiro atoms. The van der Waals surface area contributed by atoms with E-state index in [9.17, 15) is 13.5 Å². The summed E-state index contributed by atoms with van der Waals surface area (Å²) < 4.78 is 22.2. The number of hydrogen-bond donors (Lipinski definition) is 1. The zero-order valence-corrected chi connectivity index (χ0v) is 10.8. The highest BCUT2D eigenvalue weighted by Crippen LogP contribution is 2.28. The lowest BCUT2D eigenvalue weighted by Gasteiger charge is -2.04. The van der Waals surface area contributed by atoms with E-state index < -0.39 is 9.84 Å². The van der Waals surface area contributed by atoms with Crippen molar-refractivity contribution in [3.8, 4) is 5.75 Å². The van der Waals surface area contributed by atoms with Gasteiger partial charge >= 0.3 is 0 Å². The van der Waals surface area contributed by atoms with Gasteiger partial charge in [-0.25, -0.2) is 8.42 Å². The number of aryl methyl sites for hydroxylation is 1. The molecule has 0 fully saturated rings. The molecule has 0 atom stereocenters. The van der Waals surface area contributed by atoms with Gasteiger partial charge in [0.2, 0.25) is 0 Å². The first kappa shape index (κ1) is 14.3. The molecule has 0 aliphatic carbocycles. The third kappa shape index (κ3) is 3.72. The van der Waals surface area contributed by atoms with Crippen LogP contribution >= 0.6 is 11.6 Å². The summed E-state index contributed by atoms with van der Waals surface area (Å²) in [6.45, 7) is 5.65. The molecule has 15 heavy (non-hydrogen) atoms. The number of phenols is 1. The van der Waals surface area contributed by atoms with E-state index in [-0.39, 0.29) is 15.7 Å². The second kappa shape index (κ2) is 5.37. The molecule has 1 rings (SSSR count). The number of benzene rings is 1. The van der Waals surface area contributed by atoms with E-state index in [2.05, 4.69) is 0 Å². The van der Waals surface area contributed by atoms with Gasteiger partial charge in [-0.2, -0.15) is 0 Å². The van der Waals surface area contributed by atoms with E-state index in [4.69, 9.17) is 11.6 Å². The molecule has 0 aromatic heterocycles. The molecule has 0 saturated carbocycles. The summed E-state index contributed by atoms with van der Waals surface area (Å²) in [4.78, 5) is -0.0442. The van der Waals surface area contributed by atoms with Gasteiger partial charge in [-0.05, 0) is 18.6 Å². The van der Waals surface area contributed by atoms with Gasteiger partial charge in [0, 0.05) is 12.3 Å². The average Bonchev–Trinajstić information content (AvgIpc) is 2.13. The SMILES string of the molecule is CC.Cc1cc(Cl)c(S(C)(=O)=O)cc1O. The van der Waals surface area contributed by atoms with Crippen LogP contribution in [0.2, 0.25) is 5.02 Å². The van der Waals surface area contributed by atoms with Crippen LogP contribution in [0.25, 0.3) is 0 Å². The van der Waals surface area contributed by atoms with Crippen LogP contribution in [-0.4, -0.2) is 19.8 Å². The van der Waals surface area contributed by atoms with Crippen molar-refractivity contribution in [1.29, 1.82) is 0 Å². The maximum atomic E-state index is 11.1. The number of phenolic OH excluding ortho intramolecular Hbond substituents is 1. The highest BCUT2D eigenvalue weighted by Gasteiger charge is 2.14. The van der Waals surface area contributed by atoms with Gasteiger partial charge in [0.05, 0.1) is 9.92 Å². The predicted octanol–water partition coefficient (Wildman–Crippen LogP) is 2.78. The zero-order valence-electron chi connectivity index (χ0n) is 9.20. The number of hydrogen-bond acceptors (Lipinski definition) is 3. The van der Waals surface area contributed by atoms with Gasteiger partial charge in [-0.15, -0.1) is 0 Å². The molecule has 0 aliphatic heterocycles. The molecule has 0 bridgehead atoms. The molecule has 0 saturated heterocycles. The fourth-order valence-electron chi connectivity index (χ4n) is 0.926. The van der Waals surface area contributed by atoms with Gasteiger partial charge in [0.1, 0.15) is 5.75 Å². The third-order valence-corrected chi connectivity index (χ3v) is 3.21. The smallest absolute Gasteiger partial charge is 0.177 e. The van der Waals surface area contributed by atoms with Gasteiger partial charge < -0.3 is 5.11 Å². The van der Waals surface area contributed by atoms with E-state index in [1.807, 2.05) is 13.8 Å². The topological polar surface area (TPSA) is 54.4 Å². The largest absolute Gasteiger partial charge is 0.508 e. The van der Waals surface area contributed by atoms with Crippen molar-refractivity contribution in [2.45, 2.75) is 25.7 Å². The molecule has 0 amide bonds. The van der Waals surface area contributed by atoms with Crippen LogP contribution in [-0.2, 0) is 9.84 Å². The van der Waals surface area contributed by atoms with Crippen molar-refractivity contribution >= 4 is 21.4 Å². The van der Waals surface area contributed by atoms with Gasteiger partial charge in [0.25, 0.3) is 0 Å². The molecule has 0 aliphatic rings. The molecule has 1 N–H and O–H groups in total. The van der Waals surface area contributed by atoms with E-state index in [1.54, 1.807) is 6.92 Å². The van der Waals surface area contributed by atoms with Crippen LogP contribution in [0.4, 0.5) is 0 Å². The number of halogens is 1. The minimum Gasteiger partial charge on any atom is -0.508 e. The quantitative estimate of drug-likeness (QED) is 0.834. The second-order valence-corrected chi connectivity index (χ2v) is 5.23. The lowest BCUT2D eigenvalue weighted by atomic mass is 10.2. The van der Waals surface area contributed by atoms with Gasteiger partial charge in [-0.1, -0.05) is 25.4 Å². The first-order valence-electron chi connectivity index (χ1n) is 4.51. The highest BCUT2D eigenvalue weighted by atomic mass is 35.5. The zero-order chi connectivity index (χ0) is 12.2. The molecule has 1 aromatic rings. The summed E-state index contributed by atoms with van der Waals surface area (Å²) in [7, 11) is -3.36. The van der Waals surface area contributed by atoms with Crippen molar-refractivity contribution in [1.82, 2.24) is 0 Å². The van der Waals surface area contributed by atoms with E-state index in [0.717, 1.165) is 12.3 Å². The van der Waals surface area contributed by atoms with Crippen LogP contribution in [0.15, 0.2) is 17.0 Å². The summed E-state index contributed by atoms with van der Waals surface area (Å²) in [5.41, 5.74) is 0.553. The fourth-order valence-corrected chi connectivity index (χ4v) is 2.30. The fraction of sp³-hybridized carbons (Fsp3) is 0.400. The molecule has 0 radical (unpaired) electrons. The minimum atomic E-state index is -3.36. The molecule has 86 valence electrons. The first-order valence-corrected chi connectivity index (χ1v) is 6.78. The van der Waals surface area contributed by atoms with Crippen LogP contribution in [0.1, 0.15) is 19.4 Å². The predicted molar refractivity (Wildman–Crippen MR) is 62.3 cm³/mol. The minimum absolute atomic E-state index is 0.0442. The Kier molecular flexibility index (Phi) is 5.11. The van der Waals surface area contributed by atoms with Gasteiger partial charge in [-0.3, -0.25) is 0 Å². The summed E-state index contributed by atoms with van der Waals surface area (Å²) in [5, 5.41) is 9.40. The maximum absolute atomic E-state index is 11.1. The Bertz CT molecular complexity index is 438. The number of sulfone groups is 1. The van der Waals surface area contributed by atoms with Gasteiger partial charge in [0.15, 0.2) is 9.84 Å². The lowest BCUT2D eigenvalue weighted by molar-refractivity contribution is 0.469. The van der Waals surface area contributed by atoms with E-state index >= 15 is 0 Å². The highest BCUT2D eigenvalue weighted by molar-refractivity contribution is 7.90. The Labute approximate surface area is 95.6 Å². The monoisotopic (exact) mass is 250 g/mol. The molecular weight excluding hydrogens is 236 g/mol. The van der Waals surface area contributed by atoms with Crippen molar-refractivity contribution in [2.75, 3.05) is 6.26 Å². The second-order valence-electron chi connectivity index (χ2n) is 2.84. The summed E-state index contributed by atoms with van der Waals surface area (Å²) in [6.07, 6.45) is 1.04. The first-order chi connectivity index (χ1) is 6.82. The Balaban J connectivity index is 0.000000921. The average molecular weight is 251 g/mol. The molecule has 0 unspecified atom stereocenters. The molecule has 3 nitrogen and oxygen atoms in total.